The molecule has 0 radical (unpaired) electrons. The zero-order valence-corrected chi connectivity index (χ0v) is 11.1. The summed E-state index contributed by atoms with van der Waals surface area (Å²) in [6.07, 6.45) is 0.996. The Bertz CT molecular complexity index is 538. The molecule has 0 unspecified atom stereocenters. The number of ether oxygens (including phenoxy) is 4. The van der Waals surface area contributed by atoms with Gasteiger partial charge in [-0.05, 0) is 18.2 Å². The first-order valence-electron chi connectivity index (χ1n) is 5.40. The summed E-state index contributed by atoms with van der Waals surface area (Å²) in [5.41, 5.74) is -0.168. The molecule has 108 valence electrons. The Morgan fingerprint density at radius 2 is 1.85 bits per heavy atom. The fraction of sp³-hybridized carbons (Fsp3) is 0.231. The van der Waals surface area contributed by atoms with Crippen molar-refractivity contribution in [2.24, 2.45) is 0 Å². The van der Waals surface area contributed by atoms with Crippen molar-refractivity contribution < 1.29 is 32.9 Å². The molecule has 0 bridgehead atoms. The summed E-state index contributed by atoms with van der Waals surface area (Å²) in [4.78, 5) is 23.0. The van der Waals surface area contributed by atoms with Crippen LogP contribution < -0.4 is 4.74 Å². The fourth-order valence-electron chi connectivity index (χ4n) is 1.30. The predicted octanol–water partition coefficient (Wildman–Crippen LogP) is 1.65. The highest BCUT2D eigenvalue weighted by Gasteiger charge is 2.19. The molecule has 0 fully saturated rings. The second kappa shape index (κ2) is 7.13. The van der Waals surface area contributed by atoms with Crippen LogP contribution in [-0.2, 0) is 19.0 Å². The molecular formula is C13H13FO6. The molecule has 0 aromatic heterocycles. The van der Waals surface area contributed by atoms with Crippen molar-refractivity contribution in [3.8, 4) is 5.75 Å². The van der Waals surface area contributed by atoms with Crippen LogP contribution in [0.4, 0.5) is 4.39 Å². The number of carbonyl (C=O) groups excluding carboxylic acids is 2. The van der Waals surface area contributed by atoms with Crippen LogP contribution in [-0.4, -0.2) is 33.3 Å². The van der Waals surface area contributed by atoms with Crippen molar-refractivity contribution >= 4 is 11.9 Å². The summed E-state index contributed by atoms with van der Waals surface area (Å²) in [7, 11) is 3.60. The molecule has 0 aliphatic rings. The summed E-state index contributed by atoms with van der Waals surface area (Å²) in [6, 6.07) is 3.19. The van der Waals surface area contributed by atoms with Gasteiger partial charge in [0.15, 0.2) is 0 Å². The molecule has 6 nitrogen and oxygen atoms in total. The topological polar surface area (TPSA) is 71.1 Å². The third kappa shape index (κ3) is 3.71. The van der Waals surface area contributed by atoms with Crippen LogP contribution in [0.2, 0.25) is 0 Å². The Morgan fingerprint density at radius 1 is 1.15 bits per heavy atom. The van der Waals surface area contributed by atoms with Gasteiger partial charge in [0.25, 0.3) is 0 Å². The molecule has 0 saturated carbocycles. The minimum atomic E-state index is -0.813. The number of benzene rings is 1. The number of esters is 2. The molecular weight excluding hydrogens is 271 g/mol. The van der Waals surface area contributed by atoms with E-state index in [0.29, 0.717) is 0 Å². The van der Waals surface area contributed by atoms with Gasteiger partial charge >= 0.3 is 11.9 Å². The maximum atomic E-state index is 13.2. The molecule has 1 rings (SSSR count). The van der Waals surface area contributed by atoms with Gasteiger partial charge in [-0.3, -0.25) is 0 Å². The van der Waals surface area contributed by atoms with Crippen LogP contribution in [0.15, 0.2) is 30.2 Å². The highest BCUT2D eigenvalue weighted by Crippen LogP contribution is 2.23. The number of halogens is 1. The summed E-state index contributed by atoms with van der Waals surface area (Å²) in [5, 5.41) is 0. The molecule has 0 aliphatic heterocycles. The second-order valence-electron chi connectivity index (χ2n) is 3.44. The molecule has 20 heavy (non-hydrogen) atoms. The van der Waals surface area contributed by atoms with E-state index in [4.69, 9.17) is 4.74 Å². The fourth-order valence-corrected chi connectivity index (χ4v) is 1.30. The number of rotatable bonds is 5. The average molecular weight is 284 g/mol. The number of hydrogen-bond donors (Lipinski definition) is 0. The van der Waals surface area contributed by atoms with E-state index in [1.165, 1.54) is 13.2 Å². The SMILES string of the molecule is CO/C=C(/Oc1ccc(F)cc1C(=O)OC)C(=O)OC. The predicted molar refractivity (Wildman–Crippen MR) is 65.5 cm³/mol. The highest BCUT2D eigenvalue weighted by atomic mass is 19.1. The first kappa shape index (κ1) is 15.5. The minimum absolute atomic E-state index is 0.0630. The van der Waals surface area contributed by atoms with E-state index >= 15 is 0 Å². The lowest BCUT2D eigenvalue weighted by Gasteiger charge is -2.11. The molecule has 0 amide bonds. The lowest BCUT2D eigenvalue weighted by atomic mass is 10.2. The van der Waals surface area contributed by atoms with Gasteiger partial charge in [-0.25, -0.2) is 14.0 Å². The summed E-state index contributed by atoms with van der Waals surface area (Å²) >= 11 is 0. The van der Waals surface area contributed by atoms with Crippen LogP contribution in [0.3, 0.4) is 0 Å². The molecule has 0 N–H and O–H groups in total. The minimum Gasteiger partial charge on any atom is -0.500 e. The zero-order valence-electron chi connectivity index (χ0n) is 11.1. The number of methoxy groups -OCH3 is 3. The Balaban J connectivity index is 3.16. The molecule has 0 saturated heterocycles. The molecule has 1 aromatic rings. The molecule has 0 aliphatic carbocycles. The summed E-state index contributed by atoms with van der Waals surface area (Å²) in [5.74, 6) is -2.63. The second-order valence-corrected chi connectivity index (χ2v) is 3.44. The Kier molecular flexibility index (Phi) is 5.52. The zero-order chi connectivity index (χ0) is 15.1. The first-order chi connectivity index (χ1) is 9.53. The van der Waals surface area contributed by atoms with Crippen molar-refractivity contribution in [3.63, 3.8) is 0 Å². The van der Waals surface area contributed by atoms with Gasteiger partial charge in [0.05, 0.1) is 21.3 Å². The van der Waals surface area contributed by atoms with Gasteiger partial charge in [-0.2, -0.15) is 0 Å². The molecule has 1 aromatic carbocycles. The van der Waals surface area contributed by atoms with Gasteiger partial charge < -0.3 is 18.9 Å². The van der Waals surface area contributed by atoms with E-state index in [2.05, 4.69) is 14.2 Å². The van der Waals surface area contributed by atoms with E-state index in [1.54, 1.807) is 0 Å². The summed E-state index contributed by atoms with van der Waals surface area (Å²) < 4.78 is 32.0. The summed E-state index contributed by atoms with van der Waals surface area (Å²) in [6.45, 7) is 0. The van der Waals surface area contributed by atoms with Gasteiger partial charge in [0, 0.05) is 0 Å². The van der Waals surface area contributed by atoms with Crippen molar-refractivity contribution in [3.05, 3.63) is 41.6 Å². The van der Waals surface area contributed by atoms with Crippen LogP contribution in [0, 0.1) is 5.82 Å². The Labute approximate surface area is 114 Å². The smallest absolute Gasteiger partial charge is 0.377 e. The van der Waals surface area contributed by atoms with Crippen molar-refractivity contribution in [1.82, 2.24) is 0 Å². The monoisotopic (exact) mass is 284 g/mol. The quantitative estimate of drug-likeness (QED) is 0.465. The van der Waals surface area contributed by atoms with E-state index in [1.807, 2.05) is 0 Å². The maximum Gasteiger partial charge on any atom is 0.377 e. The van der Waals surface area contributed by atoms with Crippen molar-refractivity contribution in [2.75, 3.05) is 21.3 Å². The Morgan fingerprint density at radius 3 is 2.40 bits per heavy atom. The third-order valence-corrected chi connectivity index (χ3v) is 2.18. The van der Waals surface area contributed by atoms with Crippen LogP contribution in [0.5, 0.6) is 5.75 Å². The van der Waals surface area contributed by atoms with Crippen LogP contribution in [0.25, 0.3) is 0 Å². The van der Waals surface area contributed by atoms with Gasteiger partial charge in [-0.1, -0.05) is 0 Å². The lowest BCUT2D eigenvalue weighted by molar-refractivity contribution is -0.138. The lowest BCUT2D eigenvalue weighted by Crippen LogP contribution is -2.13. The number of carbonyl (C=O) groups is 2. The highest BCUT2D eigenvalue weighted by molar-refractivity contribution is 5.93. The van der Waals surface area contributed by atoms with Crippen LogP contribution in [0.1, 0.15) is 10.4 Å². The Hall–Kier alpha value is -2.57. The molecule has 0 heterocycles. The average Bonchev–Trinajstić information content (AvgIpc) is 2.46. The maximum absolute atomic E-state index is 13.2. The molecule has 0 spiro atoms. The van der Waals surface area contributed by atoms with Gasteiger partial charge in [-0.15, -0.1) is 0 Å². The molecule has 7 heteroatoms. The van der Waals surface area contributed by atoms with Crippen LogP contribution >= 0.6 is 0 Å². The first-order valence-corrected chi connectivity index (χ1v) is 5.40. The van der Waals surface area contributed by atoms with E-state index < -0.39 is 17.8 Å². The van der Waals surface area contributed by atoms with Gasteiger partial charge in [0.2, 0.25) is 5.76 Å². The largest absolute Gasteiger partial charge is 0.500 e. The van der Waals surface area contributed by atoms with E-state index in [0.717, 1.165) is 32.6 Å². The van der Waals surface area contributed by atoms with E-state index in [-0.39, 0.29) is 17.1 Å². The number of hydrogen-bond acceptors (Lipinski definition) is 6. The third-order valence-electron chi connectivity index (χ3n) is 2.18. The van der Waals surface area contributed by atoms with Crippen molar-refractivity contribution in [1.29, 1.82) is 0 Å². The normalized spacial score (nSPS) is 10.7. The van der Waals surface area contributed by atoms with Gasteiger partial charge in [0.1, 0.15) is 23.4 Å². The molecule has 0 atom stereocenters. The van der Waals surface area contributed by atoms with Crippen molar-refractivity contribution in [2.45, 2.75) is 0 Å². The standard InChI is InChI=1S/C13H13FO6/c1-17-7-11(13(16)19-3)20-10-5-4-8(14)6-9(10)12(15)18-2/h4-7H,1-3H3/b11-7+. The van der Waals surface area contributed by atoms with E-state index in [9.17, 15) is 14.0 Å².